The normalized spacial score (nSPS) is 12.5. The maximum atomic E-state index is 13.8. The Morgan fingerprint density at radius 2 is 1.81 bits per heavy atom. The Balaban J connectivity index is 2.33. The summed E-state index contributed by atoms with van der Waals surface area (Å²) in [6.45, 7) is 8.70. The van der Waals surface area contributed by atoms with Crippen LogP contribution in [0.2, 0.25) is 5.15 Å². The molecule has 0 spiro atoms. The van der Waals surface area contributed by atoms with Crippen molar-refractivity contribution in [3.8, 4) is 0 Å². The first-order valence-electron chi connectivity index (χ1n) is 9.53. The topological polar surface area (TPSA) is 59.7 Å². The Bertz CT molecular complexity index is 1120. The zero-order chi connectivity index (χ0) is 23.1. The number of carbonyl (C=O) groups is 1. The van der Waals surface area contributed by atoms with E-state index in [-0.39, 0.29) is 22.4 Å². The molecule has 0 atom stereocenters. The fraction of sp³-hybridized carbons (Fsp3) is 0.381. The molecule has 6 nitrogen and oxygen atoms in total. The Labute approximate surface area is 182 Å². The zero-order valence-electron chi connectivity index (χ0n) is 17.7. The molecular weight excluding hydrogens is 433 g/mol. The molecule has 3 rings (SSSR count). The molecule has 1 aromatic carbocycles. The minimum atomic E-state index is -4.71. The van der Waals surface area contributed by atoms with E-state index in [1.165, 1.54) is 28.8 Å². The number of hydrogen-bond donors (Lipinski definition) is 0. The van der Waals surface area contributed by atoms with Crippen molar-refractivity contribution in [1.29, 1.82) is 0 Å². The molecule has 2 aromatic heterocycles. The molecule has 0 fully saturated rings. The standard InChI is InChI=1S/C21H22ClF3N4O2/c1-12(2)16-11-26-18-15(10-17(22)27-29(16)18)28(19(30)31-20(3,4)5)14-9-7-6-8-13(14)21(23,24)25/h6-12H,1-5H3. The zero-order valence-corrected chi connectivity index (χ0v) is 18.4. The molecule has 10 heteroatoms. The number of nitrogens with zero attached hydrogens (tertiary/aromatic N) is 4. The van der Waals surface area contributed by atoms with E-state index in [2.05, 4.69) is 10.1 Å². The van der Waals surface area contributed by atoms with Gasteiger partial charge < -0.3 is 4.74 Å². The predicted octanol–water partition coefficient (Wildman–Crippen LogP) is 6.60. The molecule has 3 aromatic rings. The summed E-state index contributed by atoms with van der Waals surface area (Å²) in [6, 6.07) is 6.06. The van der Waals surface area contributed by atoms with Crippen LogP contribution in [0.25, 0.3) is 5.65 Å². The average Bonchev–Trinajstić information content (AvgIpc) is 3.04. The van der Waals surface area contributed by atoms with E-state index in [4.69, 9.17) is 16.3 Å². The number of hydrogen-bond acceptors (Lipinski definition) is 4. The molecule has 0 saturated carbocycles. The van der Waals surface area contributed by atoms with Gasteiger partial charge in [0.25, 0.3) is 0 Å². The number of benzene rings is 1. The lowest BCUT2D eigenvalue weighted by Crippen LogP contribution is -2.35. The van der Waals surface area contributed by atoms with Gasteiger partial charge in [-0.2, -0.15) is 18.3 Å². The van der Waals surface area contributed by atoms with Gasteiger partial charge in [-0.15, -0.1) is 0 Å². The van der Waals surface area contributed by atoms with Gasteiger partial charge in [-0.25, -0.2) is 19.2 Å². The van der Waals surface area contributed by atoms with Crippen molar-refractivity contribution in [2.24, 2.45) is 0 Å². The Morgan fingerprint density at radius 1 is 1.16 bits per heavy atom. The van der Waals surface area contributed by atoms with E-state index in [1.807, 2.05) is 13.8 Å². The van der Waals surface area contributed by atoms with Gasteiger partial charge in [-0.05, 0) is 38.8 Å². The highest BCUT2D eigenvalue weighted by atomic mass is 35.5. The SMILES string of the molecule is CC(C)c1cnc2c(N(C(=O)OC(C)(C)C)c3ccccc3C(F)(F)F)cc(Cl)nn12. The van der Waals surface area contributed by atoms with Gasteiger partial charge in [-0.1, -0.05) is 37.6 Å². The molecule has 0 unspecified atom stereocenters. The van der Waals surface area contributed by atoms with E-state index in [9.17, 15) is 18.0 Å². The molecular formula is C21H22ClF3N4O2. The van der Waals surface area contributed by atoms with Crippen LogP contribution in [0.5, 0.6) is 0 Å². The molecule has 0 bridgehead atoms. The van der Waals surface area contributed by atoms with Crippen LogP contribution in [-0.2, 0) is 10.9 Å². The first-order valence-corrected chi connectivity index (χ1v) is 9.91. The molecule has 0 N–H and O–H groups in total. The maximum Gasteiger partial charge on any atom is 0.419 e. The minimum absolute atomic E-state index is 0.00579. The average molecular weight is 455 g/mol. The number of imidazole rings is 1. The molecule has 0 aliphatic heterocycles. The van der Waals surface area contributed by atoms with E-state index in [0.717, 1.165) is 11.0 Å². The highest BCUT2D eigenvalue weighted by Crippen LogP contribution is 2.41. The summed E-state index contributed by atoms with van der Waals surface area (Å²) < 4.78 is 48.2. The smallest absolute Gasteiger partial charge is 0.419 e. The third kappa shape index (κ3) is 4.76. The van der Waals surface area contributed by atoms with E-state index in [0.29, 0.717) is 5.69 Å². The molecule has 0 aliphatic carbocycles. The van der Waals surface area contributed by atoms with Gasteiger partial charge in [0.1, 0.15) is 11.3 Å². The fourth-order valence-corrected chi connectivity index (χ4v) is 3.22. The number of para-hydroxylation sites is 1. The van der Waals surface area contributed by atoms with Crippen LogP contribution in [-0.4, -0.2) is 26.3 Å². The second-order valence-electron chi connectivity index (χ2n) is 8.26. The first kappa shape index (κ1) is 22.9. The van der Waals surface area contributed by atoms with Crippen molar-refractivity contribution in [3.63, 3.8) is 0 Å². The lowest BCUT2D eigenvalue weighted by molar-refractivity contribution is -0.137. The van der Waals surface area contributed by atoms with Gasteiger partial charge in [0.05, 0.1) is 23.1 Å². The highest BCUT2D eigenvalue weighted by molar-refractivity contribution is 6.29. The number of halogens is 4. The Morgan fingerprint density at radius 3 is 2.39 bits per heavy atom. The van der Waals surface area contributed by atoms with Crippen molar-refractivity contribution < 1.29 is 22.7 Å². The van der Waals surface area contributed by atoms with Crippen molar-refractivity contribution in [1.82, 2.24) is 14.6 Å². The fourth-order valence-electron chi connectivity index (χ4n) is 3.04. The van der Waals surface area contributed by atoms with Crippen LogP contribution in [0.3, 0.4) is 0 Å². The largest absolute Gasteiger partial charge is 0.443 e. The monoisotopic (exact) mass is 454 g/mol. The van der Waals surface area contributed by atoms with E-state index >= 15 is 0 Å². The third-order valence-electron chi connectivity index (χ3n) is 4.30. The Hall–Kier alpha value is -2.81. The molecule has 1 amide bonds. The summed E-state index contributed by atoms with van der Waals surface area (Å²) in [4.78, 5) is 18.3. The minimum Gasteiger partial charge on any atom is -0.443 e. The summed E-state index contributed by atoms with van der Waals surface area (Å²) in [6.07, 6.45) is -4.15. The van der Waals surface area contributed by atoms with Crippen molar-refractivity contribution in [3.05, 3.63) is 52.9 Å². The van der Waals surface area contributed by atoms with Gasteiger partial charge in [-0.3, -0.25) is 0 Å². The number of amides is 1. The number of alkyl halides is 3. The molecule has 31 heavy (non-hydrogen) atoms. The molecule has 0 saturated heterocycles. The lowest BCUT2D eigenvalue weighted by Gasteiger charge is -2.29. The number of fused-ring (bicyclic) bond motifs is 1. The van der Waals surface area contributed by atoms with Crippen molar-refractivity contribution >= 4 is 34.7 Å². The second kappa shape index (κ2) is 8.03. The number of aromatic nitrogens is 3. The van der Waals surface area contributed by atoms with Gasteiger partial charge in [0, 0.05) is 6.07 Å². The lowest BCUT2D eigenvalue weighted by atomic mass is 10.1. The van der Waals surface area contributed by atoms with Gasteiger partial charge in [0.2, 0.25) is 0 Å². The quantitative estimate of drug-likeness (QED) is 0.447. The Kier molecular flexibility index (Phi) is 5.92. The highest BCUT2D eigenvalue weighted by Gasteiger charge is 2.38. The van der Waals surface area contributed by atoms with E-state index in [1.54, 1.807) is 27.0 Å². The molecule has 0 aliphatic rings. The number of anilines is 2. The van der Waals surface area contributed by atoms with Crippen LogP contribution in [0.15, 0.2) is 36.5 Å². The number of carbonyl (C=O) groups excluding carboxylic acids is 1. The van der Waals surface area contributed by atoms with Gasteiger partial charge >= 0.3 is 12.3 Å². The maximum absolute atomic E-state index is 13.8. The molecule has 0 radical (unpaired) electrons. The van der Waals surface area contributed by atoms with Crippen molar-refractivity contribution in [2.45, 2.75) is 52.3 Å². The molecule has 166 valence electrons. The third-order valence-corrected chi connectivity index (χ3v) is 4.49. The second-order valence-corrected chi connectivity index (χ2v) is 8.64. The van der Waals surface area contributed by atoms with Crippen molar-refractivity contribution in [2.75, 3.05) is 4.90 Å². The first-order chi connectivity index (χ1) is 14.3. The summed E-state index contributed by atoms with van der Waals surface area (Å²) in [5, 5.41) is 4.20. The summed E-state index contributed by atoms with van der Waals surface area (Å²) >= 11 is 6.20. The van der Waals surface area contributed by atoms with E-state index < -0.39 is 29.1 Å². The predicted molar refractivity (Wildman–Crippen MR) is 112 cm³/mol. The summed E-state index contributed by atoms with van der Waals surface area (Å²) in [7, 11) is 0. The van der Waals surface area contributed by atoms with Crippen LogP contribution in [0.1, 0.15) is 51.8 Å². The number of rotatable bonds is 3. The molecule has 2 heterocycles. The van der Waals surface area contributed by atoms with Crippen LogP contribution in [0, 0.1) is 0 Å². The van der Waals surface area contributed by atoms with Crippen LogP contribution >= 0.6 is 11.6 Å². The summed E-state index contributed by atoms with van der Waals surface area (Å²) in [5.41, 5.74) is -1.46. The van der Waals surface area contributed by atoms with Crippen LogP contribution in [0.4, 0.5) is 29.3 Å². The van der Waals surface area contributed by atoms with Gasteiger partial charge in [0.15, 0.2) is 10.8 Å². The summed E-state index contributed by atoms with van der Waals surface area (Å²) in [5.74, 6) is 0.00579. The number of ether oxygens (including phenoxy) is 1. The van der Waals surface area contributed by atoms with Crippen LogP contribution < -0.4 is 4.90 Å².